The van der Waals surface area contributed by atoms with E-state index >= 15 is 0 Å². The molecule has 0 aliphatic carbocycles. The van der Waals surface area contributed by atoms with Crippen LogP contribution in [0.15, 0.2) is 24.3 Å². The van der Waals surface area contributed by atoms with E-state index in [4.69, 9.17) is 4.74 Å². The topological polar surface area (TPSA) is 21.3 Å². The van der Waals surface area contributed by atoms with Gasteiger partial charge in [0.25, 0.3) is 0 Å². The van der Waals surface area contributed by atoms with Crippen molar-refractivity contribution >= 4 is 0 Å². The highest BCUT2D eigenvalue weighted by atomic mass is 19.1. The number of hydrogen-bond acceptors (Lipinski definition) is 2. The lowest BCUT2D eigenvalue weighted by molar-refractivity contribution is 0.238. The Hall–Kier alpha value is -1.09. The van der Waals surface area contributed by atoms with Crippen molar-refractivity contribution in [2.75, 3.05) is 13.2 Å². The minimum absolute atomic E-state index is 0.440. The van der Waals surface area contributed by atoms with Crippen LogP contribution in [0.3, 0.4) is 0 Å². The fourth-order valence-electron chi connectivity index (χ4n) is 2.11. The van der Waals surface area contributed by atoms with E-state index in [2.05, 4.69) is 5.32 Å². The summed E-state index contributed by atoms with van der Waals surface area (Å²) in [4.78, 5) is 0. The average molecular weight is 237 g/mol. The number of halogens is 1. The molecule has 1 aromatic carbocycles. The van der Waals surface area contributed by atoms with Crippen LogP contribution in [0.5, 0.6) is 5.75 Å². The second-order valence-electron chi connectivity index (χ2n) is 4.65. The molecule has 1 fully saturated rings. The molecule has 0 radical (unpaired) electrons. The Labute approximate surface area is 102 Å². The van der Waals surface area contributed by atoms with Crippen molar-refractivity contribution in [3.05, 3.63) is 29.8 Å². The summed E-state index contributed by atoms with van der Waals surface area (Å²) in [6.07, 6.45) is 2.75. The Bertz CT molecular complexity index is 348. The van der Waals surface area contributed by atoms with Crippen LogP contribution in [0.25, 0.3) is 0 Å². The van der Waals surface area contributed by atoms with Crippen molar-refractivity contribution in [2.45, 2.75) is 38.4 Å². The molecule has 2 nitrogen and oxygen atoms in total. The predicted molar refractivity (Wildman–Crippen MR) is 67.1 cm³/mol. The molecule has 0 saturated carbocycles. The maximum Gasteiger partial charge on any atom is 0.122 e. The highest BCUT2D eigenvalue weighted by Crippen LogP contribution is 2.21. The first-order valence-corrected chi connectivity index (χ1v) is 6.36. The molecule has 2 atom stereocenters. The summed E-state index contributed by atoms with van der Waals surface area (Å²) in [6, 6.07) is 7.74. The van der Waals surface area contributed by atoms with E-state index < -0.39 is 6.17 Å². The number of hydrogen-bond donors (Lipinski definition) is 1. The highest BCUT2D eigenvalue weighted by Gasteiger charge is 2.13. The van der Waals surface area contributed by atoms with E-state index in [-0.39, 0.29) is 0 Å². The molecule has 1 aliphatic rings. The van der Waals surface area contributed by atoms with E-state index in [9.17, 15) is 4.39 Å². The maximum absolute atomic E-state index is 13.1. The zero-order valence-electron chi connectivity index (χ0n) is 10.3. The van der Waals surface area contributed by atoms with Crippen LogP contribution in [0.1, 0.15) is 37.9 Å². The molecular weight excluding hydrogens is 217 g/mol. The summed E-state index contributed by atoms with van der Waals surface area (Å²) in [6.45, 7) is 3.29. The minimum atomic E-state index is -0.939. The standard InChI is InChI=1S/C14H20FNO/c1-11(15)12-5-4-7-14(9-12)17-10-13-6-2-3-8-16-13/h4-5,7,9,11,13,16H,2-3,6,8,10H2,1H3. The van der Waals surface area contributed by atoms with Gasteiger partial charge in [-0.05, 0) is 44.0 Å². The SMILES string of the molecule is CC(F)c1cccc(OCC2CCCCN2)c1. The van der Waals surface area contributed by atoms with Crippen LogP contribution in [0, 0.1) is 0 Å². The van der Waals surface area contributed by atoms with Gasteiger partial charge < -0.3 is 10.1 Å². The number of benzene rings is 1. The molecule has 0 aromatic heterocycles. The largest absolute Gasteiger partial charge is 0.492 e. The van der Waals surface area contributed by atoms with Gasteiger partial charge in [-0.15, -0.1) is 0 Å². The Kier molecular flexibility index (Phi) is 4.37. The van der Waals surface area contributed by atoms with Gasteiger partial charge in [-0.2, -0.15) is 0 Å². The Balaban J connectivity index is 1.87. The Morgan fingerprint density at radius 2 is 2.35 bits per heavy atom. The molecular formula is C14H20FNO. The average Bonchev–Trinajstić information content (AvgIpc) is 2.38. The predicted octanol–water partition coefficient (Wildman–Crippen LogP) is 3.24. The summed E-state index contributed by atoms with van der Waals surface area (Å²) < 4.78 is 18.8. The van der Waals surface area contributed by atoms with Gasteiger partial charge in [-0.1, -0.05) is 18.6 Å². The zero-order chi connectivity index (χ0) is 12.1. The molecule has 1 aromatic rings. The monoisotopic (exact) mass is 237 g/mol. The van der Waals surface area contributed by atoms with Crippen LogP contribution in [-0.2, 0) is 0 Å². The van der Waals surface area contributed by atoms with Crippen LogP contribution in [0.4, 0.5) is 4.39 Å². The second-order valence-corrected chi connectivity index (χ2v) is 4.65. The van der Waals surface area contributed by atoms with Gasteiger partial charge in [0.2, 0.25) is 0 Å². The highest BCUT2D eigenvalue weighted by molar-refractivity contribution is 5.29. The third kappa shape index (κ3) is 3.70. The van der Waals surface area contributed by atoms with Crippen LogP contribution in [0.2, 0.25) is 0 Å². The third-order valence-electron chi connectivity index (χ3n) is 3.18. The molecule has 1 aliphatic heterocycles. The van der Waals surface area contributed by atoms with E-state index in [0.717, 1.165) is 12.3 Å². The van der Waals surface area contributed by atoms with Gasteiger partial charge in [-0.3, -0.25) is 0 Å². The fourth-order valence-corrected chi connectivity index (χ4v) is 2.11. The van der Waals surface area contributed by atoms with Crippen molar-refractivity contribution < 1.29 is 9.13 Å². The first-order valence-electron chi connectivity index (χ1n) is 6.36. The number of alkyl halides is 1. The van der Waals surface area contributed by atoms with Crippen LogP contribution in [-0.4, -0.2) is 19.2 Å². The molecule has 94 valence electrons. The van der Waals surface area contributed by atoms with E-state index in [1.54, 1.807) is 19.1 Å². The van der Waals surface area contributed by atoms with Gasteiger partial charge in [0.15, 0.2) is 0 Å². The van der Waals surface area contributed by atoms with Crippen LogP contribution < -0.4 is 10.1 Å². The van der Waals surface area contributed by atoms with Gasteiger partial charge in [0.05, 0.1) is 0 Å². The van der Waals surface area contributed by atoms with Crippen molar-refractivity contribution in [1.82, 2.24) is 5.32 Å². The summed E-state index contributed by atoms with van der Waals surface area (Å²) in [5.74, 6) is 0.763. The molecule has 1 heterocycles. The van der Waals surface area contributed by atoms with Crippen molar-refractivity contribution in [2.24, 2.45) is 0 Å². The van der Waals surface area contributed by atoms with E-state index in [0.29, 0.717) is 18.2 Å². The molecule has 0 bridgehead atoms. The second kappa shape index (κ2) is 6.01. The summed E-state index contributed by atoms with van der Waals surface area (Å²) in [5, 5.41) is 3.43. The van der Waals surface area contributed by atoms with E-state index in [1.165, 1.54) is 19.3 Å². The molecule has 2 rings (SSSR count). The normalized spacial score (nSPS) is 22.1. The maximum atomic E-state index is 13.1. The number of rotatable bonds is 4. The number of piperidine rings is 1. The Morgan fingerprint density at radius 3 is 3.06 bits per heavy atom. The third-order valence-corrected chi connectivity index (χ3v) is 3.18. The molecule has 1 N–H and O–H groups in total. The summed E-state index contributed by atoms with van der Waals surface area (Å²) in [5.41, 5.74) is 0.680. The molecule has 0 spiro atoms. The lowest BCUT2D eigenvalue weighted by Crippen LogP contribution is -2.38. The van der Waals surface area contributed by atoms with Gasteiger partial charge in [0, 0.05) is 6.04 Å². The smallest absolute Gasteiger partial charge is 0.122 e. The quantitative estimate of drug-likeness (QED) is 0.868. The van der Waals surface area contributed by atoms with E-state index in [1.807, 2.05) is 12.1 Å². The first-order chi connectivity index (χ1) is 8.25. The molecule has 1 saturated heterocycles. The fraction of sp³-hybridized carbons (Fsp3) is 0.571. The lowest BCUT2D eigenvalue weighted by Gasteiger charge is -2.23. The van der Waals surface area contributed by atoms with Crippen LogP contribution >= 0.6 is 0 Å². The van der Waals surface area contributed by atoms with Gasteiger partial charge >= 0.3 is 0 Å². The molecule has 0 amide bonds. The summed E-state index contributed by atoms with van der Waals surface area (Å²) >= 11 is 0. The van der Waals surface area contributed by atoms with Crippen molar-refractivity contribution in [3.63, 3.8) is 0 Å². The Morgan fingerprint density at radius 1 is 1.47 bits per heavy atom. The number of nitrogens with one attached hydrogen (secondary N) is 1. The van der Waals surface area contributed by atoms with Crippen molar-refractivity contribution in [3.8, 4) is 5.75 Å². The van der Waals surface area contributed by atoms with Gasteiger partial charge in [0.1, 0.15) is 18.5 Å². The number of ether oxygens (including phenoxy) is 1. The first kappa shape index (κ1) is 12.4. The van der Waals surface area contributed by atoms with Crippen molar-refractivity contribution in [1.29, 1.82) is 0 Å². The minimum Gasteiger partial charge on any atom is -0.492 e. The molecule has 2 unspecified atom stereocenters. The summed E-state index contributed by atoms with van der Waals surface area (Å²) in [7, 11) is 0. The molecule has 3 heteroatoms. The van der Waals surface area contributed by atoms with Gasteiger partial charge in [-0.25, -0.2) is 4.39 Å². The lowest BCUT2D eigenvalue weighted by atomic mass is 10.1. The zero-order valence-corrected chi connectivity index (χ0v) is 10.3. The molecule has 17 heavy (non-hydrogen) atoms.